The van der Waals surface area contributed by atoms with E-state index in [1.54, 1.807) is 42.5 Å². The van der Waals surface area contributed by atoms with Gasteiger partial charge in [-0.2, -0.15) is 0 Å². The van der Waals surface area contributed by atoms with Crippen LogP contribution in [0.1, 0.15) is 46.5 Å². The fourth-order valence-corrected chi connectivity index (χ4v) is 2.41. The predicted octanol–water partition coefficient (Wildman–Crippen LogP) is 3.59. The molecule has 0 unspecified atom stereocenters. The molecule has 144 valence electrons. The molecule has 2 rings (SSSR count). The molecule has 0 bridgehead atoms. The Labute approximate surface area is 159 Å². The van der Waals surface area contributed by atoms with Crippen LogP contribution in [-0.2, 0) is 11.3 Å². The van der Waals surface area contributed by atoms with Gasteiger partial charge in [-0.3, -0.25) is 4.79 Å². The van der Waals surface area contributed by atoms with E-state index in [0.29, 0.717) is 42.4 Å². The third-order valence-electron chi connectivity index (χ3n) is 3.80. The monoisotopic (exact) mass is 371 g/mol. The normalized spacial score (nSPS) is 10.2. The molecule has 0 fully saturated rings. The Hall–Kier alpha value is -3.02. The van der Waals surface area contributed by atoms with Crippen LogP contribution in [0.15, 0.2) is 42.5 Å². The third kappa shape index (κ3) is 5.74. The van der Waals surface area contributed by atoms with Crippen LogP contribution >= 0.6 is 0 Å². The highest BCUT2D eigenvalue weighted by atomic mass is 16.5. The van der Waals surface area contributed by atoms with Crippen molar-refractivity contribution < 1.29 is 23.8 Å². The Morgan fingerprint density at radius 1 is 0.926 bits per heavy atom. The van der Waals surface area contributed by atoms with Gasteiger partial charge in [0.15, 0.2) is 11.5 Å². The van der Waals surface area contributed by atoms with Crippen LogP contribution in [0.3, 0.4) is 0 Å². The van der Waals surface area contributed by atoms with Crippen molar-refractivity contribution in [3.8, 4) is 11.5 Å². The minimum absolute atomic E-state index is 0.213. The maximum Gasteiger partial charge on any atom is 0.337 e. The minimum Gasteiger partial charge on any atom is -0.490 e. The van der Waals surface area contributed by atoms with Gasteiger partial charge >= 0.3 is 5.97 Å². The van der Waals surface area contributed by atoms with Gasteiger partial charge in [-0.05, 0) is 49.2 Å². The van der Waals surface area contributed by atoms with E-state index >= 15 is 0 Å². The Morgan fingerprint density at radius 2 is 1.63 bits per heavy atom. The number of methoxy groups -OCH3 is 1. The molecule has 0 saturated heterocycles. The van der Waals surface area contributed by atoms with Crippen molar-refractivity contribution in [1.29, 1.82) is 0 Å². The lowest BCUT2D eigenvalue weighted by Gasteiger charge is -2.13. The zero-order valence-corrected chi connectivity index (χ0v) is 15.9. The lowest BCUT2D eigenvalue weighted by molar-refractivity contribution is 0.0600. The summed E-state index contributed by atoms with van der Waals surface area (Å²) in [5, 5.41) is 2.86. The van der Waals surface area contributed by atoms with E-state index in [-0.39, 0.29) is 11.9 Å². The first-order valence-corrected chi connectivity index (χ1v) is 8.94. The van der Waals surface area contributed by atoms with Gasteiger partial charge in [-0.1, -0.05) is 19.1 Å². The average Bonchev–Trinajstić information content (AvgIpc) is 2.71. The molecule has 0 aliphatic rings. The largest absolute Gasteiger partial charge is 0.490 e. The van der Waals surface area contributed by atoms with Gasteiger partial charge in [0, 0.05) is 12.1 Å². The SMILES string of the molecule is CCCOc1ccc(C(=O)NCc2ccc(C(=O)OC)cc2)cc1OCC. The number of esters is 1. The summed E-state index contributed by atoms with van der Waals surface area (Å²) < 4.78 is 15.9. The average molecular weight is 371 g/mol. The van der Waals surface area contributed by atoms with Gasteiger partial charge in [0.25, 0.3) is 5.91 Å². The second kappa shape index (κ2) is 10.2. The summed E-state index contributed by atoms with van der Waals surface area (Å²) >= 11 is 0. The molecule has 0 aliphatic carbocycles. The summed E-state index contributed by atoms with van der Waals surface area (Å²) in [7, 11) is 1.34. The summed E-state index contributed by atoms with van der Waals surface area (Å²) in [5.41, 5.74) is 1.84. The molecule has 1 amide bonds. The summed E-state index contributed by atoms with van der Waals surface area (Å²) in [6.07, 6.45) is 0.891. The number of carbonyl (C=O) groups is 2. The topological polar surface area (TPSA) is 73.9 Å². The van der Waals surface area contributed by atoms with E-state index in [2.05, 4.69) is 10.1 Å². The first-order chi connectivity index (χ1) is 13.1. The molecule has 0 aliphatic heterocycles. The first-order valence-electron chi connectivity index (χ1n) is 8.94. The molecule has 0 atom stereocenters. The van der Waals surface area contributed by atoms with Crippen LogP contribution in [0.25, 0.3) is 0 Å². The fraction of sp³-hybridized carbons (Fsp3) is 0.333. The maximum atomic E-state index is 12.4. The Morgan fingerprint density at radius 3 is 2.26 bits per heavy atom. The second-order valence-corrected chi connectivity index (χ2v) is 5.81. The number of amides is 1. The van der Waals surface area contributed by atoms with Gasteiger partial charge in [-0.15, -0.1) is 0 Å². The molecule has 0 heterocycles. The smallest absolute Gasteiger partial charge is 0.337 e. The fourth-order valence-electron chi connectivity index (χ4n) is 2.41. The maximum absolute atomic E-state index is 12.4. The highest BCUT2D eigenvalue weighted by Gasteiger charge is 2.12. The van der Waals surface area contributed by atoms with E-state index in [0.717, 1.165) is 12.0 Å². The van der Waals surface area contributed by atoms with Crippen molar-refractivity contribution in [3.05, 3.63) is 59.2 Å². The minimum atomic E-state index is -0.389. The van der Waals surface area contributed by atoms with Crippen LogP contribution < -0.4 is 14.8 Å². The van der Waals surface area contributed by atoms with Crippen LogP contribution in [0.4, 0.5) is 0 Å². The zero-order valence-electron chi connectivity index (χ0n) is 15.9. The quantitative estimate of drug-likeness (QED) is 0.682. The molecule has 0 radical (unpaired) electrons. The second-order valence-electron chi connectivity index (χ2n) is 5.81. The van der Waals surface area contributed by atoms with Crippen molar-refractivity contribution in [2.24, 2.45) is 0 Å². The number of nitrogens with one attached hydrogen (secondary N) is 1. The molecular weight excluding hydrogens is 346 g/mol. The number of rotatable bonds is 9. The molecule has 0 spiro atoms. The van der Waals surface area contributed by atoms with Crippen molar-refractivity contribution >= 4 is 11.9 Å². The molecule has 6 nitrogen and oxygen atoms in total. The first kappa shape index (κ1) is 20.3. The molecular formula is C21H25NO5. The van der Waals surface area contributed by atoms with Crippen molar-refractivity contribution in [1.82, 2.24) is 5.32 Å². The van der Waals surface area contributed by atoms with Crippen LogP contribution in [-0.4, -0.2) is 32.2 Å². The van der Waals surface area contributed by atoms with Gasteiger partial charge in [-0.25, -0.2) is 4.79 Å². The van der Waals surface area contributed by atoms with Crippen LogP contribution in [0, 0.1) is 0 Å². The van der Waals surface area contributed by atoms with Crippen molar-refractivity contribution in [2.75, 3.05) is 20.3 Å². The number of benzene rings is 2. The molecule has 6 heteroatoms. The summed E-state index contributed by atoms with van der Waals surface area (Å²) in [4.78, 5) is 23.9. The Balaban J connectivity index is 2.02. The lowest BCUT2D eigenvalue weighted by Crippen LogP contribution is -2.22. The number of carbonyl (C=O) groups excluding carboxylic acids is 2. The van der Waals surface area contributed by atoms with Gasteiger partial charge < -0.3 is 19.5 Å². The number of hydrogen-bond donors (Lipinski definition) is 1. The standard InChI is InChI=1S/C21H25NO5/c1-4-12-27-18-11-10-17(13-19(18)26-5-2)20(23)22-14-15-6-8-16(9-7-15)21(24)25-3/h6-11,13H,4-5,12,14H2,1-3H3,(H,22,23). The van der Waals surface area contributed by atoms with E-state index in [1.165, 1.54) is 7.11 Å². The van der Waals surface area contributed by atoms with Gasteiger partial charge in [0.2, 0.25) is 0 Å². The molecule has 0 saturated carbocycles. The van der Waals surface area contributed by atoms with E-state index < -0.39 is 0 Å². The summed E-state index contributed by atoms with van der Waals surface area (Å²) in [6.45, 7) is 5.33. The van der Waals surface area contributed by atoms with Crippen molar-refractivity contribution in [3.63, 3.8) is 0 Å². The molecule has 27 heavy (non-hydrogen) atoms. The highest BCUT2D eigenvalue weighted by Crippen LogP contribution is 2.28. The molecule has 1 N–H and O–H groups in total. The summed E-state index contributed by atoms with van der Waals surface area (Å²) in [6, 6.07) is 12.0. The number of ether oxygens (including phenoxy) is 3. The third-order valence-corrected chi connectivity index (χ3v) is 3.80. The van der Waals surface area contributed by atoms with E-state index in [1.807, 2.05) is 13.8 Å². The lowest BCUT2D eigenvalue weighted by atomic mass is 10.1. The Bertz CT molecular complexity index is 771. The number of hydrogen-bond acceptors (Lipinski definition) is 5. The predicted molar refractivity (Wildman–Crippen MR) is 102 cm³/mol. The van der Waals surface area contributed by atoms with E-state index in [9.17, 15) is 9.59 Å². The molecule has 2 aromatic carbocycles. The highest BCUT2D eigenvalue weighted by molar-refractivity contribution is 5.95. The van der Waals surface area contributed by atoms with E-state index in [4.69, 9.17) is 9.47 Å². The van der Waals surface area contributed by atoms with Gasteiger partial charge in [0.1, 0.15) is 0 Å². The van der Waals surface area contributed by atoms with Gasteiger partial charge in [0.05, 0.1) is 25.9 Å². The van der Waals surface area contributed by atoms with Crippen LogP contribution in [0.5, 0.6) is 11.5 Å². The van der Waals surface area contributed by atoms with Crippen molar-refractivity contribution in [2.45, 2.75) is 26.8 Å². The summed E-state index contributed by atoms with van der Waals surface area (Å²) in [5.74, 6) is 0.587. The zero-order chi connectivity index (χ0) is 19.6. The van der Waals surface area contributed by atoms with Crippen LogP contribution in [0.2, 0.25) is 0 Å². The molecule has 2 aromatic rings. The molecule has 0 aromatic heterocycles. The Kier molecular flexibility index (Phi) is 7.67.